The first-order valence-electron chi connectivity index (χ1n) is 16.8. The van der Waals surface area contributed by atoms with E-state index in [1.54, 1.807) is 57.3 Å². The number of carboxylic acid groups (broad SMARTS) is 1. The molecule has 7 N–H and O–H groups in total. The number of rotatable bonds is 13. The lowest BCUT2D eigenvalue weighted by Crippen LogP contribution is -2.52. The number of ether oxygens (including phenoxy) is 1. The van der Waals surface area contributed by atoms with E-state index in [1.165, 1.54) is 0 Å². The average Bonchev–Trinajstić information content (AvgIpc) is 3.05. The van der Waals surface area contributed by atoms with Gasteiger partial charge in [-0.05, 0) is 68.0 Å². The molecule has 4 aromatic rings. The summed E-state index contributed by atoms with van der Waals surface area (Å²) in [5.41, 5.74) is 14.7. The zero-order valence-corrected chi connectivity index (χ0v) is 30.6. The van der Waals surface area contributed by atoms with Gasteiger partial charge in [-0.2, -0.15) is 9.97 Å². The average molecular weight is 714 g/mol. The van der Waals surface area contributed by atoms with Crippen molar-refractivity contribution in [2.24, 2.45) is 0 Å². The molecule has 0 bridgehead atoms. The number of anilines is 3. The smallest absolute Gasteiger partial charge is 0.326 e. The van der Waals surface area contributed by atoms with Gasteiger partial charge >= 0.3 is 11.9 Å². The molecule has 2 atom stereocenters. The first kappa shape index (κ1) is 38.9. The predicted molar refractivity (Wildman–Crippen MR) is 197 cm³/mol. The Labute approximate surface area is 302 Å². The molecular formula is C37H47N9O6. The molecule has 2 aromatic carbocycles. The fourth-order valence-electron chi connectivity index (χ4n) is 5.30. The summed E-state index contributed by atoms with van der Waals surface area (Å²) in [6.45, 7) is 11.7. The number of carbonyl (C=O) groups is 4. The normalized spacial score (nSPS) is 12.8. The Balaban J connectivity index is 1.47. The van der Waals surface area contributed by atoms with Crippen LogP contribution in [0.15, 0.2) is 54.7 Å². The fourth-order valence-corrected chi connectivity index (χ4v) is 5.30. The van der Waals surface area contributed by atoms with Gasteiger partial charge in [0.15, 0.2) is 17.0 Å². The van der Waals surface area contributed by atoms with Crippen molar-refractivity contribution >= 4 is 52.4 Å². The third-order valence-corrected chi connectivity index (χ3v) is 8.00. The van der Waals surface area contributed by atoms with Gasteiger partial charge in [0, 0.05) is 31.1 Å². The monoisotopic (exact) mass is 713 g/mol. The van der Waals surface area contributed by atoms with Gasteiger partial charge in [-0.1, -0.05) is 45.0 Å². The molecule has 0 saturated heterocycles. The van der Waals surface area contributed by atoms with Crippen molar-refractivity contribution in [3.05, 3.63) is 77.1 Å². The van der Waals surface area contributed by atoms with Crippen LogP contribution in [0.4, 0.5) is 17.5 Å². The van der Waals surface area contributed by atoms with Crippen molar-refractivity contribution in [1.29, 1.82) is 0 Å². The first-order chi connectivity index (χ1) is 24.3. The number of fused-ring (bicyclic) bond motifs is 1. The Morgan fingerprint density at radius 3 is 2.25 bits per heavy atom. The van der Waals surface area contributed by atoms with Crippen LogP contribution in [0, 0.1) is 0 Å². The minimum atomic E-state index is -1.28. The van der Waals surface area contributed by atoms with Gasteiger partial charge in [0.25, 0.3) is 5.91 Å². The summed E-state index contributed by atoms with van der Waals surface area (Å²) in [5, 5.41) is 15.3. The maximum absolute atomic E-state index is 13.6. The molecule has 15 nitrogen and oxygen atoms in total. The van der Waals surface area contributed by atoms with Crippen molar-refractivity contribution in [3.63, 3.8) is 0 Å². The summed E-state index contributed by atoms with van der Waals surface area (Å²) in [4.78, 5) is 70.5. The number of carboxylic acids is 1. The van der Waals surface area contributed by atoms with E-state index in [4.69, 9.17) is 16.2 Å². The molecule has 0 saturated carbocycles. The van der Waals surface area contributed by atoms with E-state index in [2.05, 4.69) is 51.3 Å². The van der Waals surface area contributed by atoms with Crippen molar-refractivity contribution in [3.8, 4) is 0 Å². The SMILES string of the molecule is CN(Cc1cnc2nc(N)nc(N)c2n1)c1ccc(C(=O)N[C@@H](CCC(=O)OC(C)(C)C)C(=O)N[C@@H](Cc2cccc(C(C)(C)C)c2)C(=O)O)cc1. The van der Waals surface area contributed by atoms with Crippen molar-refractivity contribution in [1.82, 2.24) is 30.6 Å². The van der Waals surface area contributed by atoms with Crippen LogP contribution in [0.25, 0.3) is 11.2 Å². The number of nitrogens with zero attached hydrogens (tertiary/aromatic N) is 5. The van der Waals surface area contributed by atoms with E-state index in [0.717, 1.165) is 16.8 Å². The first-order valence-corrected chi connectivity index (χ1v) is 16.8. The number of hydrogen-bond donors (Lipinski definition) is 5. The zero-order valence-electron chi connectivity index (χ0n) is 30.6. The van der Waals surface area contributed by atoms with E-state index < -0.39 is 41.4 Å². The Kier molecular flexibility index (Phi) is 12.0. The molecule has 276 valence electrons. The Morgan fingerprint density at radius 2 is 1.62 bits per heavy atom. The quantitative estimate of drug-likeness (QED) is 0.125. The van der Waals surface area contributed by atoms with Crippen LogP contribution in [0.5, 0.6) is 0 Å². The van der Waals surface area contributed by atoms with E-state index in [-0.39, 0.29) is 47.7 Å². The van der Waals surface area contributed by atoms with Crippen molar-refractivity contribution in [2.75, 3.05) is 23.4 Å². The number of carbonyl (C=O) groups excluding carboxylic acids is 3. The highest BCUT2D eigenvalue weighted by molar-refractivity contribution is 5.98. The Bertz CT molecular complexity index is 1940. The molecule has 2 heterocycles. The molecule has 2 amide bonds. The van der Waals surface area contributed by atoms with Gasteiger partial charge in [-0.15, -0.1) is 0 Å². The zero-order chi connectivity index (χ0) is 38.4. The van der Waals surface area contributed by atoms with E-state index >= 15 is 0 Å². The molecule has 0 radical (unpaired) electrons. The molecule has 4 rings (SSSR count). The topological polar surface area (TPSA) is 229 Å². The second kappa shape index (κ2) is 16.0. The molecule has 0 aliphatic heterocycles. The summed E-state index contributed by atoms with van der Waals surface area (Å²) < 4.78 is 5.40. The second-order valence-corrected chi connectivity index (χ2v) is 14.6. The summed E-state index contributed by atoms with van der Waals surface area (Å²) in [6.07, 6.45) is 1.28. The van der Waals surface area contributed by atoms with Crippen molar-refractivity contribution < 1.29 is 29.0 Å². The number of esters is 1. The Hall–Kier alpha value is -5.86. The molecule has 0 unspecified atom stereocenters. The third kappa shape index (κ3) is 10.8. The van der Waals surface area contributed by atoms with E-state index in [9.17, 15) is 24.3 Å². The molecular weight excluding hydrogens is 666 g/mol. The van der Waals surface area contributed by atoms with Crippen LogP contribution in [0.2, 0.25) is 0 Å². The number of aromatic nitrogens is 4. The van der Waals surface area contributed by atoms with Crippen LogP contribution in [-0.2, 0) is 37.5 Å². The largest absolute Gasteiger partial charge is 0.480 e. The van der Waals surface area contributed by atoms with Crippen molar-refractivity contribution in [2.45, 2.75) is 90.4 Å². The maximum atomic E-state index is 13.6. The van der Waals surface area contributed by atoms with Gasteiger partial charge < -0.3 is 36.8 Å². The highest BCUT2D eigenvalue weighted by Crippen LogP contribution is 2.24. The molecule has 15 heteroatoms. The highest BCUT2D eigenvalue weighted by atomic mass is 16.6. The fraction of sp³-hybridized carbons (Fsp3) is 0.405. The molecule has 0 fully saturated rings. The van der Waals surface area contributed by atoms with E-state index in [0.29, 0.717) is 17.8 Å². The van der Waals surface area contributed by atoms with Crippen LogP contribution in [0.3, 0.4) is 0 Å². The van der Waals surface area contributed by atoms with Gasteiger partial charge in [-0.25, -0.2) is 14.8 Å². The van der Waals surface area contributed by atoms with Crippen LogP contribution in [0.1, 0.15) is 81.6 Å². The van der Waals surface area contributed by atoms with Gasteiger partial charge in [0.1, 0.15) is 17.7 Å². The number of benzene rings is 2. The second-order valence-electron chi connectivity index (χ2n) is 14.6. The highest BCUT2D eigenvalue weighted by Gasteiger charge is 2.29. The predicted octanol–water partition coefficient (Wildman–Crippen LogP) is 3.55. The summed E-state index contributed by atoms with van der Waals surface area (Å²) >= 11 is 0. The van der Waals surface area contributed by atoms with Gasteiger partial charge in [0.05, 0.1) is 18.4 Å². The Morgan fingerprint density at radius 1 is 0.923 bits per heavy atom. The van der Waals surface area contributed by atoms with Gasteiger partial charge in [-0.3, -0.25) is 14.4 Å². The summed E-state index contributed by atoms with van der Waals surface area (Å²) in [6, 6.07) is 11.7. The van der Waals surface area contributed by atoms with Crippen LogP contribution < -0.4 is 27.0 Å². The summed E-state index contributed by atoms with van der Waals surface area (Å²) in [5.74, 6) is -2.99. The van der Waals surface area contributed by atoms with Crippen LogP contribution in [-0.4, -0.2) is 73.5 Å². The number of hydrogen-bond acceptors (Lipinski definition) is 12. The minimum absolute atomic E-state index is 0.00511. The van der Waals surface area contributed by atoms with E-state index in [1.807, 2.05) is 30.1 Å². The molecule has 52 heavy (non-hydrogen) atoms. The van der Waals surface area contributed by atoms with Gasteiger partial charge in [0.2, 0.25) is 11.9 Å². The third-order valence-electron chi connectivity index (χ3n) is 8.00. The number of aliphatic carboxylic acids is 1. The minimum Gasteiger partial charge on any atom is -0.480 e. The molecule has 2 aromatic heterocycles. The lowest BCUT2D eigenvalue weighted by atomic mass is 9.85. The lowest BCUT2D eigenvalue weighted by molar-refractivity contribution is -0.155. The molecule has 0 aliphatic rings. The number of nitrogens with one attached hydrogen (secondary N) is 2. The molecule has 0 aliphatic carbocycles. The lowest BCUT2D eigenvalue weighted by Gasteiger charge is -2.24. The number of nitrogen functional groups attached to an aromatic ring is 2. The number of amides is 2. The standard InChI is InChI=1S/C37H47N9O6/c1-36(2,3)23-10-8-9-21(17-23)18-27(34(50)51)43-33(49)26(15-16-28(47)52-37(4,5)6)42-32(48)22-11-13-25(14-12-22)46(7)20-24-19-40-31-29(41-24)30(38)44-35(39)45-31/h8-14,17,19,26-27H,15-16,18,20H2,1-7H3,(H,42,48)(H,43,49)(H,50,51)(H4,38,39,40,44,45)/t26-,27-/m0/s1. The maximum Gasteiger partial charge on any atom is 0.326 e. The summed E-state index contributed by atoms with van der Waals surface area (Å²) in [7, 11) is 1.83. The molecule has 0 spiro atoms. The van der Waals surface area contributed by atoms with Crippen LogP contribution >= 0.6 is 0 Å². The number of nitrogens with two attached hydrogens (primary N) is 2.